The summed E-state index contributed by atoms with van der Waals surface area (Å²) in [5, 5.41) is 0. The summed E-state index contributed by atoms with van der Waals surface area (Å²) in [7, 11) is 3.04. The molecular weight excluding hydrogens is 292 g/mol. The largest absolute Gasteiger partial charge is 0.493 e. The Morgan fingerprint density at radius 2 is 2.14 bits per heavy atom. The van der Waals surface area contributed by atoms with Crippen molar-refractivity contribution in [1.82, 2.24) is 4.98 Å². The van der Waals surface area contributed by atoms with E-state index >= 15 is 0 Å². The van der Waals surface area contributed by atoms with Crippen LogP contribution in [0.25, 0.3) is 0 Å². The summed E-state index contributed by atoms with van der Waals surface area (Å²) in [4.78, 5) is 17.5. The van der Waals surface area contributed by atoms with Gasteiger partial charge in [0.25, 0.3) is 0 Å². The van der Waals surface area contributed by atoms with E-state index in [0.717, 1.165) is 4.88 Å². The number of hydrogen-bond acceptors (Lipinski definition) is 7. The number of aromatic nitrogens is 1. The molecule has 112 valence electrons. The van der Waals surface area contributed by atoms with Gasteiger partial charge in [0.2, 0.25) is 0 Å². The molecule has 0 aliphatic heterocycles. The third kappa shape index (κ3) is 3.25. The number of methoxy groups -OCH3 is 2. The normalized spacial score (nSPS) is 10.2. The van der Waals surface area contributed by atoms with Crippen LogP contribution >= 0.6 is 11.3 Å². The lowest BCUT2D eigenvalue weighted by Crippen LogP contribution is -2.06. The van der Waals surface area contributed by atoms with Crippen molar-refractivity contribution in [3.63, 3.8) is 0 Å². The number of nitrogens with zero attached hydrogens (tertiary/aromatic N) is 1. The van der Waals surface area contributed by atoms with Gasteiger partial charge < -0.3 is 19.9 Å². The van der Waals surface area contributed by atoms with Gasteiger partial charge >= 0.3 is 5.97 Å². The summed E-state index contributed by atoms with van der Waals surface area (Å²) in [6.07, 6.45) is 1.57. The van der Waals surface area contributed by atoms with E-state index in [-0.39, 0.29) is 6.61 Å². The molecule has 0 fully saturated rings. The lowest BCUT2D eigenvalue weighted by atomic mass is 10.3. The van der Waals surface area contributed by atoms with Crippen molar-refractivity contribution in [2.45, 2.75) is 13.5 Å². The van der Waals surface area contributed by atoms with Crippen LogP contribution in [0.5, 0.6) is 11.5 Å². The molecule has 0 unspecified atom stereocenters. The third-order valence-electron chi connectivity index (χ3n) is 2.86. The lowest BCUT2D eigenvalue weighted by molar-refractivity contribution is 0.0470. The molecule has 2 N–H and O–H groups in total. The molecule has 0 bridgehead atoms. The van der Waals surface area contributed by atoms with Crippen LogP contribution in [0.4, 0.5) is 5.69 Å². The molecule has 2 aromatic heterocycles. The first kappa shape index (κ1) is 15.1. The number of aryl methyl sites for hydroxylation is 1. The van der Waals surface area contributed by atoms with Crippen LogP contribution in [-0.2, 0) is 11.3 Å². The molecule has 0 saturated carbocycles. The summed E-state index contributed by atoms with van der Waals surface area (Å²) in [6, 6.07) is 3.28. The Bertz CT molecular complexity index is 635. The zero-order chi connectivity index (χ0) is 15.4. The van der Waals surface area contributed by atoms with Gasteiger partial charge in [0.15, 0.2) is 11.5 Å². The number of anilines is 1. The molecule has 2 aromatic rings. The van der Waals surface area contributed by atoms with E-state index < -0.39 is 5.97 Å². The van der Waals surface area contributed by atoms with E-state index in [0.29, 0.717) is 27.8 Å². The molecular formula is C14H16N2O4S. The molecule has 0 spiro atoms. The standard InChI is InChI=1S/C14H16N2O4S/c1-8-9(15)6-12(21-8)14(17)20-7-10-13(19-3)11(18-2)4-5-16-10/h4-6H,7,15H2,1-3H3. The topological polar surface area (TPSA) is 83.7 Å². The Balaban J connectivity index is 2.11. The fourth-order valence-corrected chi connectivity index (χ4v) is 2.59. The highest BCUT2D eigenvalue weighted by Gasteiger charge is 2.16. The van der Waals surface area contributed by atoms with E-state index in [1.165, 1.54) is 25.6 Å². The molecule has 6 nitrogen and oxygen atoms in total. The number of nitrogens with two attached hydrogens (primary N) is 1. The highest BCUT2D eigenvalue weighted by atomic mass is 32.1. The Hall–Kier alpha value is -2.28. The molecule has 0 saturated heterocycles. The minimum absolute atomic E-state index is 0.00391. The zero-order valence-electron chi connectivity index (χ0n) is 12.0. The van der Waals surface area contributed by atoms with Crippen LogP contribution in [0.15, 0.2) is 18.3 Å². The maximum absolute atomic E-state index is 12.0. The first-order valence-corrected chi connectivity index (χ1v) is 6.97. The predicted molar refractivity (Wildman–Crippen MR) is 79.9 cm³/mol. The predicted octanol–water partition coefficient (Wildman–Crippen LogP) is 2.41. The Morgan fingerprint density at radius 1 is 1.38 bits per heavy atom. The number of esters is 1. The number of carbonyl (C=O) groups excluding carboxylic acids is 1. The maximum atomic E-state index is 12.0. The van der Waals surface area contributed by atoms with Gasteiger partial charge in [-0.2, -0.15) is 0 Å². The number of thiophene rings is 1. The van der Waals surface area contributed by atoms with Gasteiger partial charge in [0.1, 0.15) is 17.2 Å². The average molecular weight is 308 g/mol. The first-order valence-electron chi connectivity index (χ1n) is 6.15. The molecule has 21 heavy (non-hydrogen) atoms. The zero-order valence-corrected chi connectivity index (χ0v) is 12.8. The molecule has 0 aromatic carbocycles. The molecule has 0 atom stereocenters. The minimum Gasteiger partial charge on any atom is -0.493 e. The highest BCUT2D eigenvalue weighted by molar-refractivity contribution is 7.14. The number of ether oxygens (including phenoxy) is 3. The molecule has 0 amide bonds. The second-order valence-electron chi connectivity index (χ2n) is 4.19. The summed E-state index contributed by atoms with van der Waals surface area (Å²) in [5.74, 6) is 0.552. The van der Waals surface area contributed by atoms with Gasteiger partial charge in [-0.25, -0.2) is 4.79 Å². The highest BCUT2D eigenvalue weighted by Crippen LogP contribution is 2.30. The fourth-order valence-electron chi connectivity index (χ4n) is 1.76. The fraction of sp³-hybridized carbons (Fsp3) is 0.286. The van der Waals surface area contributed by atoms with Crippen molar-refractivity contribution in [3.05, 3.63) is 33.8 Å². The Labute approximate surface area is 126 Å². The van der Waals surface area contributed by atoms with Gasteiger partial charge in [-0.15, -0.1) is 11.3 Å². The van der Waals surface area contributed by atoms with Gasteiger partial charge in [0.05, 0.1) is 14.2 Å². The Kier molecular flexibility index (Phi) is 4.64. The van der Waals surface area contributed by atoms with E-state index in [1.807, 2.05) is 6.92 Å². The van der Waals surface area contributed by atoms with Gasteiger partial charge in [-0.05, 0) is 13.0 Å². The number of pyridine rings is 1. The van der Waals surface area contributed by atoms with Gasteiger partial charge in [-0.1, -0.05) is 0 Å². The molecule has 0 aliphatic carbocycles. The summed E-state index contributed by atoms with van der Waals surface area (Å²) >= 11 is 1.30. The first-order chi connectivity index (χ1) is 10.1. The molecule has 2 heterocycles. The average Bonchev–Trinajstić information content (AvgIpc) is 2.83. The van der Waals surface area contributed by atoms with Crippen LogP contribution in [-0.4, -0.2) is 25.2 Å². The van der Waals surface area contributed by atoms with E-state index in [2.05, 4.69) is 4.98 Å². The van der Waals surface area contributed by atoms with Crippen molar-refractivity contribution in [2.75, 3.05) is 20.0 Å². The number of nitrogen functional groups attached to an aromatic ring is 1. The monoisotopic (exact) mass is 308 g/mol. The number of hydrogen-bond donors (Lipinski definition) is 1. The van der Waals surface area contributed by atoms with Crippen molar-refractivity contribution < 1.29 is 19.0 Å². The lowest BCUT2D eigenvalue weighted by Gasteiger charge is -2.11. The minimum atomic E-state index is -0.438. The SMILES string of the molecule is COc1ccnc(COC(=O)c2cc(N)c(C)s2)c1OC. The smallest absolute Gasteiger partial charge is 0.348 e. The second kappa shape index (κ2) is 6.45. The van der Waals surface area contributed by atoms with E-state index in [1.54, 1.807) is 18.3 Å². The van der Waals surface area contributed by atoms with Crippen LogP contribution < -0.4 is 15.2 Å². The Morgan fingerprint density at radius 3 is 2.71 bits per heavy atom. The quantitative estimate of drug-likeness (QED) is 0.854. The molecule has 0 aliphatic rings. The summed E-state index contributed by atoms with van der Waals surface area (Å²) in [6.45, 7) is 1.85. The van der Waals surface area contributed by atoms with E-state index in [4.69, 9.17) is 19.9 Å². The van der Waals surface area contributed by atoms with E-state index in [9.17, 15) is 4.79 Å². The molecule has 2 rings (SSSR count). The maximum Gasteiger partial charge on any atom is 0.348 e. The number of carbonyl (C=O) groups is 1. The van der Waals surface area contributed by atoms with Crippen LogP contribution in [0, 0.1) is 6.92 Å². The molecule has 7 heteroatoms. The van der Waals surface area contributed by atoms with Crippen molar-refractivity contribution >= 4 is 23.0 Å². The second-order valence-corrected chi connectivity index (χ2v) is 5.45. The van der Waals surface area contributed by atoms with Crippen LogP contribution in [0.3, 0.4) is 0 Å². The van der Waals surface area contributed by atoms with Crippen LogP contribution in [0.1, 0.15) is 20.2 Å². The van der Waals surface area contributed by atoms with Gasteiger partial charge in [0, 0.05) is 22.8 Å². The number of rotatable bonds is 5. The van der Waals surface area contributed by atoms with Gasteiger partial charge in [-0.3, -0.25) is 4.98 Å². The molecule has 0 radical (unpaired) electrons. The van der Waals surface area contributed by atoms with Crippen LogP contribution in [0.2, 0.25) is 0 Å². The summed E-state index contributed by atoms with van der Waals surface area (Å²) < 4.78 is 15.6. The third-order valence-corrected chi connectivity index (χ3v) is 3.91. The van der Waals surface area contributed by atoms with Crippen molar-refractivity contribution in [1.29, 1.82) is 0 Å². The summed E-state index contributed by atoms with van der Waals surface area (Å²) in [5.41, 5.74) is 6.80. The van der Waals surface area contributed by atoms with Crippen molar-refractivity contribution in [2.24, 2.45) is 0 Å². The van der Waals surface area contributed by atoms with Crippen molar-refractivity contribution in [3.8, 4) is 11.5 Å².